The topological polar surface area (TPSA) is 147 Å². The van der Waals surface area contributed by atoms with Crippen molar-refractivity contribution < 1.29 is 70.6 Å². The van der Waals surface area contributed by atoms with Crippen molar-refractivity contribution in [2.75, 3.05) is 116 Å². The second-order valence-electron chi connectivity index (χ2n) is 15.1. The van der Waals surface area contributed by atoms with Crippen LogP contribution in [-0.2, 0) is 47.6 Å². The number of morpholine rings is 1. The average molecular weight is 912 g/mol. The van der Waals surface area contributed by atoms with Crippen LogP contribution in [0.25, 0.3) is 0 Å². The Bertz CT molecular complexity index is 1900. The molecule has 1 atom stereocenters. The van der Waals surface area contributed by atoms with Gasteiger partial charge in [0.15, 0.2) is 34.5 Å². The highest BCUT2D eigenvalue weighted by Crippen LogP contribution is 2.39. The minimum atomic E-state index is -0.745. The fourth-order valence-corrected chi connectivity index (χ4v) is 7.60. The second-order valence-corrected chi connectivity index (χ2v) is 15.8. The normalized spacial score (nSPS) is 16.5. The highest BCUT2D eigenvalue weighted by atomic mass is 35.5. The van der Waals surface area contributed by atoms with E-state index in [0.717, 1.165) is 89.9 Å². The molecule has 5 rings (SSSR count). The largest absolute Gasteiger partial charge is 0.504 e. The van der Waals surface area contributed by atoms with Crippen molar-refractivity contribution in [2.45, 2.75) is 39.3 Å². The molecule has 0 amide bonds. The molecular formula is C45H64Cl2N2O13+2. The van der Waals surface area contributed by atoms with Gasteiger partial charge in [-0.25, -0.2) is 9.59 Å². The molecular weight excluding hydrogens is 847 g/mol. The molecule has 0 saturated carbocycles. The molecule has 0 aliphatic carbocycles. The van der Waals surface area contributed by atoms with Gasteiger partial charge >= 0.3 is 11.9 Å². The number of esters is 2. The fourth-order valence-electron chi connectivity index (χ4n) is 7.46. The summed E-state index contributed by atoms with van der Waals surface area (Å²) in [4.78, 5) is 25.0. The lowest BCUT2D eigenvalue weighted by atomic mass is 9.97. The smallest absolute Gasteiger partial charge is 0.350 e. The zero-order valence-corrected chi connectivity index (χ0v) is 39.0. The van der Waals surface area contributed by atoms with E-state index in [1.807, 2.05) is 31.2 Å². The van der Waals surface area contributed by atoms with Crippen molar-refractivity contribution >= 4 is 35.4 Å². The van der Waals surface area contributed by atoms with E-state index < -0.39 is 11.9 Å². The summed E-state index contributed by atoms with van der Waals surface area (Å²) in [6, 6.07) is 13.3. The maximum atomic E-state index is 12.5. The number of likely N-dealkylation sites (N-methyl/N-ethyl adjacent to an activating group) is 1. The van der Waals surface area contributed by atoms with Crippen LogP contribution in [0.4, 0.5) is 0 Å². The Morgan fingerprint density at radius 2 is 1.31 bits per heavy atom. The lowest BCUT2D eigenvalue weighted by Crippen LogP contribution is -2.55. The van der Waals surface area contributed by atoms with Crippen LogP contribution in [0.3, 0.4) is 0 Å². The van der Waals surface area contributed by atoms with E-state index in [2.05, 4.69) is 29.3 Å². The van der Waals surface area contributed by atoms with Crippen LogP contribution >= 0.6 is 23.5 Å². The zero-order valence-electron chi connectivity index (χ0n) is 37.5. The zero-order chi connectivity index (χ0) is 45.7. The van der Waals surface area contributed by atoms with Crippen LogP contribution in [0.2, 0.25) is 0 Å². The standard InChI is InChI=1S/C36H51ClN2O10.C8H10O2.CH3ClO/c1-38(12-9-27-21-30(42-2)31(43-3)22-28(27)25-38)10-7-16-49-36(41)29(37)23-34(40)48-15-8-11-39(13-17-47-18-14-39)24-26-19-32(44-4)35(46-6)33(20-26)45-5;1-6-3-4-7(9)8(5-6)10-2;1-3-2/h19-23H,7-18,24-25H2,1-6H3;3-5,9H,1-2H3;1H3/q+2;;/b29-23-;;. The van der Waals surface area contributed by atoms with Gasteiger partial charge in [-0.05, 0) is 54.4 Å². The lowest BCUT2D eigenvalue weighted by Gasteiger charge is -2.41. The molecule has 2 aliphatic rings. The number of fused-ring (bicyclic) bond motifs is 1. The van der Waals surface area contributed by atoms with Crippen molar-refractivity contribution in [3.05, 3.63) is 75.8 Å². The molecule has 15 nitrogen and oxygen atoms in total. The first-order valence-electron chi connectivity index (χ1n) is 20.2. The third kappa shape index (κ3) is 15.6. The third-order valence-electron chi connectivity index (χ3n) is 10.7. The Morgan fingerprint density at radius 3 is 1.87 bits per heavy atom. The predicted molar refractivity (Wildman–Crippen MR) is 236 cm³/mol. The number of aryl methyl sites for hydroxylation is 1. The second kappa shape index (κ2) is 26.1. The first kappa shape index (κ1) is 51.7. The van der Waals surface area contributed by atoms with Gasteiger partial charge in [-0.3, -0.25) is 4.29 Å². The van der Waals surface area contributed by atoms with E-state index in [4.69, 9.17) is 59.3 Å². The van der Waals surface area contributed by atoms with Crippen LogP contribution in [0.1, 0.15) is 35.1 Å². The summed E-state index contributed by atoms with van der Waals surface area (Å²) in [5.74, 6) is 2.50. The van der Waals surface area contributed by atoms with Gasteiger partial charge in [0, 0.05) is 36.5 Å². The van der Waals surface area contributed by atoms with Crippen molar-refractivity contribution in [3.63, 3.8) is 0 Å². The van der Waals surface area contributed by atoms with Crippen molar-refractivity contribution in [3.8, 4) is 40.2 Å². The molecule has 344 valence electrons. The summed E-state index contributed by atoms with van der Waals surface area (Å²) >= 11 is 10.6. The molecule has 17 heteroatoms. The van der Waals surface area contributed by atoms with Crippen LogP contribution in [0.5, 0.6) is 40.2 Å². The molecule has 2 aliphatic heterocycles. The molecule has 1 saturated heterocycles. The number of benzene rings is 3. The molecule has 62 heavy (non-hydrogen) atoms. The van der Waals surface area contributed by atoms with Gasteiger partial charge in [0.25, 0.3) is 0 Å². The summed E-state index contributed by atoms with van der Waals surface area (Å²) in [7, 11) is 13.2. The monoisotopic (exact) mass is 910 g/mol. The number of carbonyl (C=O) groups excluding carboxylic acids is 2. The Balaban J connectivity index is 0.000000676. The first-order valence-corrected chi connectivity index (χ1v) is 20.9. The number of ether oxygens (including phenoxy) is 9. The summed E-state index contributed by atoms with van der Waals surface area (Å²) in [5.41, 5.74) is 4.62. The lowest BCUT2D eigenvalue weighted by molar-refractivity contribution is -0.947. The van der Waals surface area contributed by atoms with Crippen LogP contribution in [0, 0.1) is 6.92 Å². The summed E-state index contributed by atoms with van der Waals surface area (Å²) < 4.78 is 54.1. The minimum Gasteiger partial charge on any atom is -0.504 e. The van der Waals surface area contributed by atoms with Gasteiger partial charge < -0.3 is 56.7 Å². The molecule has 2 heterocycles. The third-order valence-corrected chi connectivity index (χ3v) is 11.0. The van der Waals surface area contributed by atoms with E-state index in [0.29, 0.717) is 49.1 Å². The molecule has 3 aromatic carbocycles. The van der Waals surface area contributed by atoms with E-state index in [1.54, 1.807) is 47.7 Å². The Kier molecular flexibility index (Phi) is 21.8. The Hall–Kier alpha value is -4.64. The van der Waals surface area contributed by atoms with E-state index in [9.17, 15) is 9.59 Å². The van der Waals surface area contributed by atoms with Gasteiger partial charge in [0.05, 0.1) is 115 Å². The van der Waals surface area contributed by atoms with Crippen LogP contribution in [-0.4, -0.2) is 142 Å². The first-order chi connectivity index (χ1) is 29.7. The Labute approximate surface area is 376 Å². The number of halogens is 2. The van der Waals surface area contributed by atoms with E-state index in [1.165, 1.54) is 25.3 Å². The number of phenols is 1. The quantitative estimate of drug-likeness (QED) is 0.0621. The van der Waals surface area contributed by atoms with Crippen LogP contribution < -0.4 is 28.4 Å². The van der Waals surface area contributed by atoms with Gasteiger partial charge in [-0.1, -0.05) is 17.7 Å². The molecule has 1 unspecified atom stereocenters. The van der Waals surface area contributed by atoms with Gasteiger partial charge in [0.2, 0.25) is 5.75 Å². The molecule has 0 aromatic heterocycles. The molecule has 0 radical (unpaired) electrons. The van der Waals surface area contributed by atoms with E-state index in [-0.39, 0.29) is 24.0 Å². The number of hydrogen-bond acceptors (Lipinski definition) is 13. The number of rotatable bonds is 18. The van der Waals surface area contributed by atoms with Gasteiger partial charge in [-0.15, -0.1) is 0 Å². The summed E-state index contributed by atoms with van der Waals surface area (Å²) in [5, 5.41) is 8.80. The number of hydrogen-bond donors (Lipinski definition) is 1. The molecule has 3 aromatic rings. The highest BCUT2D eigenvalue weighted by molar-refractivity contribution is 6.42. The van der Waals surface area contributed by atoms with Crippen molar-refractivity contribution in [2.24, 2.45) is 0 Å². The number of quaternary nitrogens is 2. The maximum Gasteiger partial charge on any atom is 0.350 e. The number of methoxy groups -OCH3 is 6. The fraction of sp³-hybridized carbons (Fsp3) is 0.511. The average Bonchev–Trinajstić information content (AvgIpc) is 3.27. The molecule has 1 fully saturated rings. The molecule has 0 spiro atoms. The molecule has 1 N–H and O–H groups in total. The predicted octanol–water partition coefficient (Wildman–Crippen LogP) is 6.76. The van der Waals surface area contributed by atoms with Crippen LogP contribution in [0.15, 0.2) is 53.6 Å². The van der Waals surface area contributed by atoms with Gasteiger partial charge in [-0.2, -0.15) is 0 Å². The van der Waals surface area contributed by atoms with Crippen molar-refractivity contribution in [1.29, 1.82) is 0 Å². The number of aromatic hydroxyl groups is 1. The molecule has 0 bridgehead atoms. The highest BCUT2D eigenvalue weighted by Gasteiger charge is 2.32. The van der Waals surface area contributed by atoms with Crippen molar-refractivity contribution in [1.82, 2.24) is 0 Å². The van der Waals surface area contributed by atoms with Gasteiger partial charge in [0.1, 0.15) is 31.2 Å². The van der Waals surface area contributed by atoms with E-state index >= 15 is 0 Å². The SMILES string of the molecule is COCl.COc1cc(C)ccc1O.COc1cc2c(cc1OC)C[N+](C)(CCCOC(=O)/C(Cl)=C/C(=O)OCCC[N+]1(Cc3cc(OC)c(OC)c(OC)c3)CCOCC1)CC2. The Morgan fingerprint density at radius 1 is 0.742 bits per heavy atom. The maximum absolute atomic E-state index is 12.5. The summed E-state index contributed by atoms with van der Waals surface area (Å²) in [6.07, 6.45) is 3.18. The minimum absolute atomic E-state index is 0.183. The number of carbonyl (C=O) groups is 2. The number of nitrogens with zero attached hydrogens (tertiary/aromatic N) is 2. The summed E-state index contributed by atoms with van der Waals surface area (Å²) in [6.45, 7) is 9.34. The number of phenolic OH excluding ortho intramolecular Hbond substituents is 1.